The van der Waals surface area contributed by atoms with Crippen LogP contribution in [-0.2, 0) is 9.53 Å². The van der Waals surface area contributed by atoms with E-state index in [0.29, 0.717) is 27.4 Å². The lowest BCUT2D eigenvalue weighted by molar-refractivity contribution is -0.117. The van der Waals surface area contributed by atoms with Crippen molar-refractivity contribution in [1.29, 1.82) is 0 Å². The Morgan fingerprint density at radius 2 is 1.94 bits per heavy atom. The molecule has 170 valence electrons. The van der Waals surface area contributed by atoms with Crippen LogP contribution in [0, 0.1) is 0 Å². The lowest BCUT2D eigenvalue weighted by atomic mass is 10.2. The molecule has 0 aliphatic heterocycles. The van der Waals surface area contributed by atoms with Gasteiger partial charge in [0, 0.05) is 24.3 Å². The van der Waals surface area contributed by atoms with E-state index in [1.807, 2.05) is 0 Å². The van der Waals surface area contributed by atoms with E-state index in [-0.39, 0.29) is 17.5 Å². The fraction of sp³-hybridized carbons (Fsp3) is 0.333. The zero-order valence-corrected chi connectivity index (χ0v) is 19.8. The fourth-order valence-electron chi connectivity index (χ4n) is 2.88. The summed E-state index contributed by atoms with van der Waals surface area (Å²) in [5, 5.41) is 8.51. The van der Waals surface area contributed by atoms with E-state index in [0.717, 1.165) is 0 Å². The average Bonchev–Trinajstić information content (AvgIpc) is 3.03. The summed E-state index contributed by atoms with van der Waals surface area (Å²) in [6.07, 6.45) is 0.894. The van der Waals surface area contributed by atoms with Crippen LogP contribution < -0.4 is 10.1 Å². The minimum atomic E-state index is -0.669. The molecule has 11 heteroatoms. The van der Waals surface area contributed by atoms with E-state index < -0.39 is 17.6 Å². The molecule has 0 aliphatic carbocycles. The van der Waals surface area contributed by atoms with Crippen LogP contribution in [-0.4, -0.2) is 58.0 Å². The van der Waals surface area contributed by atoms with Crippen LogP contribution in [0.2, 0.25) is 10.2 Å². The molecule has 2 amide bonds. The molecule has 0 spiro atoms. The molecule has 1 N–H and O–H groups in total. The third kappa shape index (κ3) is 5.41. The van der Waals surface area contributed by atoms with Crippen LogP contribution >= 0.6 is 23.2 Å². The van der Waals surface area contributed by atoms with E-state index in [9.17, 15) is 9.59 Å². The monoisotopic (exact) mass is 479 g/mol. The summed E-state index contributed by atoms with van der Waals surface area (Å²) in [5.41, 5.74) is 0.470. The number of fused-ring (bicyclic) bond motifs is 1. The number of hydrogen-bond donors (Lipinski definition) is 1. The van der Waals surface area contributed by atoms with Gasteiger partial charge in [-0.25, -0.2) is 14.5 Å². The third-order valence-corrected chi connectivity index (χ3v) is 4.69. The summed E-state index contributed by atoms with van der Waals surface area (Å²) in [4.78, 5) is 30.0. The number of hydrogen-bond acceptors (Lipinski definition) is 6. The van der Waals surface area contributed by atoms with E-state index in [1.54, 1.807) is 49.7 Å². The molecule has 3 rings (SSSR count). The standard InChI is InChI=1S/C21H23Cl2N5O4/c1-21(2,3)32-20(30)27(4)11-18(29)25-19-13-10-24-17(23)9-14(13)28(26-19)15-8-12(22)6-7-16(15)31-5/h6-10H,11H2,1-5H3,(H,25,26,29). The highest BCUT2D eigenvalue weighted by Crippen LogP contribution is 2.32. The number of benzene rings is 1. The maximum absolute atomic E-state index is 12.6. The second-order valence-corrected chi connectivity index (χ2v) is 8.81. The SMILES string of the molecule is COc1ccc(Cl)cc1-n1nc(NC(=O)CN(C)C(=O)OC(C)(C)C)c2cnc(Cl)cc21. The van der Waals surface area contributed by atoms with Crippen molar-refractivity contribution in [3.05, 3.63) is 40.6 Å². The Hall–Kier alpha value is -3.04. The van der Waals surface area contributed by atoms with E-state index >= 15 is 0 Å². The first kappa shape index (κ1) is 23.6. The summed E-state index contributed by atoms with van der Waals surface area (Å²) in [6.45, 7) is 5.02. The molecule has 2 aromatic heterocycles. The molecule has 0 saturated carbocycles. The molecule has 0 saturated heterocycles. The van der Waals surface area contributed by atoms with Crippen molar-refractivity contribution in [2.24, 2.45) is 0 Å². The molecule has 0 fully saturated rings. The first-order chi connectivity index (χ1) is 15.0. The Bertz CT molecular complexity index is 1170. The van der Waals surface area contributed by atoms with E-state index in [2.05, 4.69) is 15.4 Å². The summed E-state index contributed by atoms with van der Waals surface area (Å²) in [7, 11) is 3.00. The van der Waals surface area contributed by atoms with E-state index in [1.165, 1.54) is 25.3 Å². The van der Waals surface area contributed by atoms with Gasteiger partial charge in [-0.2, -0.15) is 0 Å². The summed E-state index contributed by atoms with van der Waals surface area (Å²) in [6, 6.07) is 6.71. The van der Waals surface area contributed by atoms with Gasteiger partial charge in [0.1, 0.15) is 28.7 Å². The van der Waals surface area contributed by atoms with Gasteiger partial charge < -0.3 is 19.7 Å². The largest absolute Gasteiger partial charge is 0.494 e. The first-order valence-electron chi connectivity index (χ1n) is 9.60. The summed E-state index contributed by atoms with van der Waals surface area (Å²) in [5.74, 6) is 0.306. The number of methoxy groups -OCH3 is 1. The molecule has 32 heavy (non-hydrogen) atoms. The van der Waals surface area contributed by atoms with Crippen molar-refractivity contribution in [3.8, 4) is 11.4 Å². The number of anilines is 1. The minimum Gasteiger partial charge on any atom is -0.494 e. The van der Waals surface area contributed by atoms with Crippen LogP contribution in [0.15, 0.2) is 30.5 Å². The lowest BCUT2D eigenvalue weighted by Crippen LogP contribution is -2.38. The molecule has 0 atom stereocenters. The normalized spacial score (nSPS) is 11.3. The van der Waals surface area contributed by atoms with Gasteiger partial charge in [0.05, 0.1) is 18.0 Å². The number of nitrogens with zero attached hydrogens (tertiary/aromatic N) is 4. The van der Waals surface area contributed by atoms with Gasteiger partial charge in [-0.3, -0.25) is 4.79 Å². The zero-order chi connectivity index (χ0) is 23.6. The number of carbonyl (C=O) groups excluding carboxylic acids is 2. The van der Waals surface area contributed by atoms with Crippen molar-refractivity contribution in [2.45, 2.75) is 26.4 Å². The Morgan fingerprint density at radius 1 is 1.22 bits per heavy atom. The Labute approximate surface area is 195 Å². The number of halogens is 2. The Morgan fingerprint density at radius 3 is 2.59 bits per heavy atom. The molecule has 0 bridgehead atoms. The maximum atomic E-state index is 12.6. The van der Waals surface area contributed by atoms with Gasteiger partial charge in [0.15, 0.2) is 5.82 Å². The van der Waals surface area contributed by atoms with Crippen molar-refractivity contribution in [1.82, 2.24) is 19.7 Å². The number of nitrogens with one attached hydrogen (secondary N) is 1. The number of ether oxygens (including phenoxy) is 2. The maximum Gasteiger partial charge on any atom is 0.410 e. The number of aromatic nitrogens is 3. The highest BCUT2D eigenvalue weighted by molar-refractivity contribution is 6.31. The quantitative estimate of drug-likeness (QED) is 0.539. The molecular formula is C21H23Cl2N5O4. The Balaban J connectivity index is 1.93. The van der Waals surface area contributed by atoms with Crippen molar-refractivity contribution in [3.63, 3.8) is 0 Å². The van der Waals surface area contributed by atoms with Crippen LogP contribution in [0.3, 0.4) is 0 Å². The molecule has 3 aromatic rings. The van der Waals surface area contributed by atoms with Gasteiger partial charge in [-0.1, -0.05) is 23.2 Å². The molecular weight excluding hydrogens is 457 g/mol. The number of amides is 2. The van der Waals surface area contributed by atoms with Crippen molar-refractivity contribution in [2.75, 3.05) is 26.0 Å². The number of carbonyl (C=O) groups is 2. The summed E-state index contributed by atoms with van der Waals surface area (Å²) < 4.78 is 12.3. The molecule has 2 heterocycles. The highest BCUT2D eigenvalue weighted by atomic mass is 35.5. The molecule has 0 unspecified atom stereocenters. The van der Waals surface area contributed by atoms with Crippen molar-refractivity contribution >= 4 is 51.9 Å². The minimum absolute atomic E-state index is 0.231. The highest BCUT2D eigenvalue weighted by Gasteiger charge is 2.23. The molecule has 9 nitrogen and oxygen atoms in total. The topological polar surface area (TPSA) is 98.6 Å². The van der Waals surface area contributed by atoms with Crippen LogP contribution in [0.4, 0.5) is 10.6 Å². The number of rotatable bonds is 5. The second kappa shape index (κ2) is 9.22. The molecule has 1 aromatic carbocycles. The first-order valence-corrected chi connectivity index (χ1v) is 10.4. The zero-order valence-electron chi connectivity index (χ0n) is 18.3. The predicted octanol–water partition coefficient (Wildman–Crippen LogP) is 4.54. The average molecular weight is 480 g/mol. The summed E-state index contributed by atoms with van der Waals surface area (Å²) >= 11 is 12.3. The van der Waals surface area contributed by atoms with Crippen molar-refractivity contribution < 1.29 is 19.1 Å². The smallest absolute Gasteiger partial charge is 0.410 e. The van der Waals surface area contributed by atoms with E-state index in [4.69, 9.17) is 32.7 Å². The third-order valence-electron chi connectivity index (χ3n) is 4.24. The fourth-order valence-corrected chi connectivity index (χ4v) is 3.20. The second-order valence-electron chi connectivity index (χ2n) is 7.99. The van der Waals surface area contributed by atoms with Gasteiger partial charge in [0.2, 0.25) is 5.91 Å². The number of pyridine rings is 1. The number of likely N-dealkylation sites (N-methyl/N-ethyl adjacent to an activating group) is 1. The van der Waals surface area contributed by atoms with Gasteiger partial charge >= 0.3 is 6.09 Å². The van der Waals surface area contributed by atoms with Gasteiger partial charge in [-0.05, 0) is 39.0 Å². The predicted molar refractivity (Wildman–Crippen MR) is 123 cm³/mol. The Kier molecular flexibility index (Phi) is 6.80. The lowest BCUT2D eigenvalue weighted by Gasteiger charge is -2.24. The molecule has 0 radical (unpaired) electrons. The van der Waals surface area contributed by atoms with Gasteiger partial charge in [-0.15, -0.1) is 5.10 Å². The van der Waals surface area contributed by atoms with Crippen LogP contribution in [0.5, 0.6) is 5.75 Å². The van der Waals surface area contributed by atoms with Crippen LogP contribution in [0.25, 0.3) is 16.6 Å². The van der Waals surface area contributed by atoms with Gasteiger partial charge in [0.25, 0.3) is 0 Å². The molecule has 0 aliphatic rings. The van der Waals surface area contributed by atoms with Crippen LogP contribution in [0.1, 0.15) is 20.8 Å².